The predicted octanol–water partition coefficient (Wildman–Crippen LogP) is 3.22. The van der Waals surface area contributed by atoms with Crippen molar-refractivity contribution < 1.29 is 13.2 Å². The molecule has 9 heteroatoms. The Hall–Kier alpha value is -2.91. The van der Waals surface area contributed by atoms with Crippen LogP contribution < -0.4 is 10.6 Å². The van der Waals surface area contributed by atoms with E-state index in [4.69, 9.17) is 0 Å². The second-order valence-electron chi connectivity index (χ2n) is 8.45. The molecule has 0 radical (unpaired) electrons. The summed E-state index contributed by atoms with van der Waals surface area (Å²) in [5.41, 5.74) is 3.22. The van der Waals surface area contributed by atoms with Crippen LogP contribution in [0.1, 0.15) is 39.2 Å². The van der Waals surface area contributed by atoms with E-state index in [9.17, 15) is 18.0 Å². The van der Waals surface area contributed by atoms with Gasteiger partial charge in [-0.25, -0.2) is 13.2 Å². The highest BCUT2D eigenvalue weighted by molar-refractivity contribution is 7.89. The van der Waals surface area contributed by atoms with E-state index in [1.165, 1.54) is 4.31 Å². The molecular weight excluding hydrogens is 452 g/mol. The molecule has 0 saturated carbocycles. The highest BCUT2D eigenvalue weighted by Gasteiger charge is 2.27. The minimum atomic E-state index is -3.55. The van der Waals surface area contributed by atoms with Crippen molar-refractivity contribution in [2.75, 3.05) is 24.5 Å². The number of para-hydroxylation sites is 2. The molecule has 8 nitrogen and oxygen atoms in total. The lowest BCUT2D eigenvalue weighted by molar-refractivity contribution is -0.118. The first-order chi connectivity index (χ1) is 16.3. The van der Waals surface area contributed by atoms with Crippen LogP contribution in [-0.2, 0) is 34.3 Å². The van der Waals surface area contributed by atoms with Gasteiger partial charge in [0.25, 0.3) is 0 Å². The SMILES string of the molecule is CCN(CC)S(=O)(=O)c1ccc2c(c1)CCCN2C(=O)CCn1c(=O)n(CC)c2ccccc21. The summed E-state index contributed by atoms with van der Waals surface area (Å²) in [6, 6.07) is 12.7. The zero-order chi connectivity index (χ0) is 24.5. The number of anilines is 1. The largest absolute Gasteiger partial charge is 0.329 e. The van der Waals surface area contributed by atoms with Crippen molar-refractivity contribution in [1.82, 2.24) is 13.4 Å². The molecule has 0 saturated heterocycles. The number of benzene rings is 2. The van der Waals surface area contributed by atoms with Crippen LogP contribution in [0.25, 0.3) is 11.0 Å². The van der Waals surface area contributed by atoms with Gasteiger partial charge < -0.3 is 4.90 Å². The first-order valence-electron chi connectivity index (χ1n) is 11.9. The number of amides is 1. The lowest BCUT2D eigenvalue weighted by Gasteiger charge is -2.30. The van der Waals surface area contributed by atoms with Crippen LogP contribution in [0.15, 0.2) is 52.2 Å². The Bertz CT molecular complexity index is 1370. The Morgan fingerprint density at radius 3 is 2.32 bits per heavy atom. The zero-order valence-electron chi connectivity index (χ0n) is 20.0. The molecule has 182 valence electrons. The summed E-state index contributed by atoms with van der Waals surface area (Å²) in [6.07, 6.45) is 1.68. The summed E-state index contributed by atoms with van der Waals surface area (Å²) < 4.78 is 30.7. The molecule has 1 aliphatic heterocycles. The molecular formula is C25H32N4O4S. The van der Waals surface area contributed by atoms with Gasteiger partial charge >= 0.3 is 5.69 Å². The molecule has 0 atom stereocenters. The van der Waals surface area contributed by atoms with Gasteiger partial charge in [0.15, 0.2) is 0 Å². The Morgan fingerprint density at radius 1 is 1.00 bits per heavy atom. The minimum Gasteiger partial charge on any atom is -0.312 e. The smallest absolute Gasteiger partial charge is 0.312 e. The van der Waals surface area contributed by atoms with E-state index in [2.05, 4.69) is 0 Å². The van der Waals surface area contributed by atoms with Crippen molar-refractivity contribution in [3.8, 4) is 0 Å². The van der Waals surface area contributed by atoms with Crippen LogP contribution in [0, 0.1) is 0 Å². The van der Waals surface area contributed by atoms with Crippen molar-refractivity contribution in [3.05, 3.63) is 58.5 Å². The van der Waals surface area contributed by atoms with Crippen molar-refractivity contribution in [1.29, 1.82) is 0 Å². The van der Waals surface area contributed by atoms with Crippen molar-refractivity contribution in [2.24, 2.45) is 0 Å². The second-order valence-corrected chi connectivity index (χ2v) is 10.4. The number of rotatable bonds is 8. The standard InChI is InChI=1S/C25H32N4O4S/c1-4-26(5-2)34(32,33)20-13-14-21-19(18-20)10-9-16-28(21)24(30)15-17-29-23-12-8-7-11-22(23)27(6-3)25(29)31/h7-8,11-14,18H,4-6,9-10,15-17H2,1-3H3. The highest BCUT2D eigenvalue weighted by Crippen LogP contribution is 2.31. The summed E-state index contributed by atoms with van der Waals surface area (Å²) in [4.78, 5) is 28.1. The average molecular weight is 485 g/mol. The maximum absolute atomic E-state index is 13.2. The van der Waals surface area contributed by atoms with Crippen LogP contribution in [0.3, 0.4) is 0 Å². The van der Waals surface area contributed by atoms with Crippen molar-refractivity contribution in [3.63, 3.8) is 0 Å². The van der Waals surface area contributed by atoms with Gasteiger partial charge in [0, 0.05) is 44.8 Å². The fraction of sp³-hybridized carbons (Fsp3) is 0.440. The molecule has 0 spiro atoms. The molecule has 2 aromatic carbocycles. The fourth-order valence-corrected chi connectivity index (χ4v) is 6.35. The number of nitrogens with zero attached hydrogens (tertiary/aromatic N) is 4. The second kappa shape index (κ2) is 9.76. The topological polar surface area (TPSA) is 84.6 Å². The molecule has 2 heterocycles. The molecule has 3 aromatic rings. The highest BCUT2D eigenvalue weighted by atomic mass is 32.2. The molecule has 34 heavy (non-hydrogen) atoms. The summed E-state index contributed by atoms with van der Waals surface area (Å²) in [6.45, 7) is 7.85. The Kier molecular flexibility index (Phi) is 6.95. The summed E-state index contributed by atoms with van der Waals surface area (Å²) in [5, 5.41) is 0. The number of carbonyl (C=O) groups is 1. The Balaban J connectivity index is 1.57. The summed E-state index contributed by atoms with van der Waals surface area (Å²) in [7, 11) is -3.55. The van der Waals surface area contributed by atoms with Gasteiger partial charge in [-0.05, 0) is 55.7 Å². The third-order valence-corrected chi connectivity index (χ3v) is 8.65. The zero-order valence-corrected chi connectivity index (χ0v) is 20.8. The number of carbonyl (C=O) groups excluding carboxylic acids is 1. The third-order valence-electron chi connectivity index (χ3n) is 6.60. The van der Waals surface area contributed by atoms with E-state index in [0.29, 0.717) is 32.7 Å². The maximum atomic E-state index is 13.2. The molecule has 0 aliphatic carbocycles. The number of fused-ring (bicyclic) bond motifs is 2. The van der Waals surface area contributed by atoms with E-state index in [1.54, 1.807) is 32.2 Å². The van der Waals surface area contributed by atoms with E-state index >= 15 is 0 Å². The van der Waals surface area contributed by atoms with Gasteiger partial charge in [-0.15, -0.1) is 0 Å². The number of hydrogen-bond acceptors (Lipinski definition) is 4. The lowest BCUT2D eigenvalue weighted by atomic mass is 10.0. The Labute approximate surface area is 200 Å². The van der Waals surface area contributed by atoms with Crippen LogP contribution in [-0.4, -0.2) is 47.4 Å². The monoisotopic (exact) mass is 484 g/mol. The molecule has 0 bridgehead atoms. The normalized spacial score (nSPS) is 14.1. The first kappa shape index (κ1) is 24.2. The van der Waals surface area contributed by atoms with Crippen molar-refractivity contribution in [2.45, 2.75) is 58.0 Å². The van der Waals surface area contributed by atoms with Gasteiger partial charge in [0.2, 0.25) is 15.9 Å². The van der Waals surface area contributed by atoms with Gasteiger partial charge in [0.1, 0.15) is 0 Å². The number of imidazole rings is 1. The fourth-order valence-electron chi connectivity index (χ4n) is 4.84. The molecule has 4 rings (SSSR count). The van der Waals surface area contributed by atoms with E-state index < -0.39 is 10.0 Å². The van der Waals surface area contributed by atoms with E-state index in [1.807, 2.05) is 45.0 Å². The average Bonchev–Trinajstić information content (AvgIpc) is 3.12. The van der Waals surface area contributed by atoms with E-state index in [-0.39, 0.29) is 22.9 Å². The van der Waals surface area contributed by atoms with Gasteiger partial charge in [0.05, 0.1) is 15.9 Å². The predicted molar refractivity (Wildman–Crippen MR) is 134 cm³/mol. The molecule has 0 fully saturated rings. The first-order valence-corrected chi connectivity index (χ1v) is 13.4. The van der Waals surface area contributed by atoms with Gasteiger partial charge in [-0.2, -0.15) is 4.31 Å². The third kappa shape index (κ3) is 4.18. The molecule has 1 amide bonds. The molecule has 0 unspecified atom stereocenters. The van der Waals surface area contributed by atoms with Crippen LogP contribution in [0.4, 0.5) is 5.69 Å². The number of sulfonamides is 1. The van der Waals surface area contributed by atoms with Crippen molar-refractivity contribution >= 4 is 32.7 Å². The van der Waals surface area contributed by atoms with Gasteiger partial charge in [-0.1, -0.05) is 26.0 Å². The minimum absolute atomic E-state index is 0.0690. The number of hydrogen-bond donors (Lipinski definition) is 0. The quantitative estimate of drug-likeness (QED) is 0.491. The Morgan fingerprint density at radius 2 is 1.68 bits per heavy atom. The summed E-state index contributed by atoms with van der Waals surface area (Å²) >= 11 is 0. The summed E-state index contributed by atoms with van der Waals surface area (Å²) in [5.74, 6) is -0.0690. The molecule has 1 aliphatic rings. The molecule has 1 aromatic heterocycles. The van der Waals surface area contributed by atoms with Crippen LogP contribution in [0.5, 0.6) is 0 Å². The molecule has 0 N–H and O–H groups in total. The van der Waals surface area contributed by atoms with Crippen LogP contribution >= 0.6 is 0 Å². The number of aromatic nitrogens is 2. The van der Waals surface area contributed by atoms with E-state index in [0.717, 1.165) is 35.1 Å². The van der Waals surface area contributed by atoms with Crippen LogP contribution in [0.2, 0.25) is 0 Å². The number of aryl methyl sites for hydroxylation is 3. The lowest BCUT2D eigenvalue weighted by Crippen LogP contribution is -2.37. The maximum Gasteiger partial charge on any atom is 0.329 e. The van der Waals surface area contributed by atoms with Gasteiger partial charge in [-0.3, -0.25) is 13.9 Å².